The molecule has 2 aromatic heterocycles. The Kier molecular flexibility index (Phi) is 5.16. The largest absolute Gasteiger partial charge is 0.398 e. The van der Waals surface area contributed by atoms with Crippen LogP contribution in [0.15, 0.2) is 47.5 Å². The second-order valence-electron chi connectivity index (χ2n) is 7.96. The first-order valence-electron chi connectivity index (χ1n) is 10.1. The number of pyridine rings is 2. The van der Waals surface area contributed by atoms with Gasteiger partial charge in [-0.15, -0.1) is 0 Å². The highest BCUT2D eigenvalue weighted by atomic mass is 19.4. The van der Waals surface area contributed by atoms with Crippen LogP contribution in [0.5, 0.6) is 0 Å². The number of aromatic nitrogens is 2. The summed E-state index contributed by atoms with van der Waals surface area (Å²) in [7, 11) is 0. The van der Waals surface area contributed by atoms with Gasteiger partial charge in [-0.3, -0.25) is 9.78 Å². The molecule has 30 heavy (non-hydrogen) atoms. The quantitative estimate of drug-likeness (QED) is 0.364. The molecule has 3 aromatic rings. The first-order chi connectivity index (χ1) is 14.3. The van der Waals surface area contributed by atoms with Crippen molar-refractivity contribution >= 4 is 10.8 Å². The molecule has 2 heterocycles. The van der Waals surface area contributed by atoms with E-state index in [0.29, 0.717) is 23.2 Å². The lowest BCUT2D eigenvalue weighted by atomic mass is 9.96. The second-order valence-corrected chi connectivity index (χ2v) is 7.96. The third kappa shape index (κ3) is 3.50. The lowest BCUT2D eigenvalue weighted by Gasteiger charge is -2.19. The lowest BCUT2D eigenvalue weighted by Crippen LogP contribution is -2.28. The van der Waals surface area contributed by atoms with Gasteiger partial charge >= 0.3 is 6.18 Å². The number of nitrogens with zero attached hydrogens (tertiary/aromatic N) is 2. The highest BCUT2D eigenvalue weighted by Gasteiger charge is 2.64. The van der Waals surface area contributed by atoms with Crippen LogP contribution in [0.1, 0.15) is 44.6 Å². The molecule has 1 fully saturated rings. The van der Waals surface area contributed by atoms with Crippen molar-refractivity contribution in [3.8, 4) is 11.3 Å². The van der Waals surface area contributed by atoms with E-state index in [9.17, 15) is 22.4 Å². The molecule has 1 aliphatic rings. The molecule has 0 saturated heterocycles. The summed E-state index contributed by atoms with van der Waals surface area (Å²) in [5.41, 5.74) is -1.25. The average molecular weight is 418 g/mol. The minimum atomic E-state index is -4.30. The van der Waals surface area contributed by atoms with Gasteiger partial charge in [-0.05, 0) is 54.5 Å². The average Bonchev–Trinajstić information content (AvgIpc) is 3.52. The normalized spacial score (nSPS) is 15.5. The maximum absolute atomic E-state index is 14.8. The first kappa shape index (κ1) is 20.6. The molecule has 0 aliphatic heterocycles. The van der Waals surface area contributed by atoms with E-state index in [1.807, 2.05) is 0 Å². The molecule has 0 amide bonds. The van der Waals surface area contributed by atoms with Crippen LogP contribution in [-0.2, 0) is 12.0 Å². The second kappa shape index (κ2) is 7.52. The number of aryl methyl sites for hydroxylation is 1. The lowest BCUT2D eigenvalue weighted by molar-refractivity contribution is -0.160. The molecule has 0 spiro atoms. The maximum atomic E-state index is 14.8. The fourth-order valence-corrected chi connectivity index (χ4v) is 3.93. The number of benzene rings is 1. The van der Waals surface area contributed by atoms with Crippen LogP contribution in [0.4, 0.5) is 17.6 Å². The van der Waals surface area contributed by atoms with E-state index >= 15 is 0 Å². The molecule has 1 aromatic carbocycles. The number of hydrogen-bond acceptors (Lipinski definition) is 2. The Morgan fingerprint density at radius 1 is 1.13 bits per heavy atom. The molecule has 1 saturated carbocycles. The highest BCUT2D eigenvalue weighted by molar-refractivity contribution is 5.86. The number of alkyl halides is 3. The van der Waals surface area contributed by atoms with Crippen LogP contribution < -0.4 is 5.56 Å². The Balaban J connectivity index is 1.67. The van der Waals surface area contributed by atoms with Crippen molar-refractivity contribution < 1.29 is 17.6 Å². The van der Waals surface area contributed by atoms with Gasteiger partial charge in [0, 0.05) is 24.5 Å². The van der Waals surface area contributed by atoms with Crippen molar-refractivity contribution in [2.75, 3.05) is 0 Å². The summed E-state index contributed by atoms with van der Waals surface area (Å²) in [6, 6.07) is 7.45. The predicted molar refractivity (Wildman–Crippen MR) is 108 cm³/mol. The summed E-state index contributed by atoms with van der Waals surface area (Å²) in [6.45, 7) is 2.60. The monoisotopic (exact) mass is 418 g/mol. The summed E-state index contributed by atoms with van der Waals surface area (Å²) in [5.74, 6) is -0.655. The molecule has 0 N–H and O–H groups in total. The standard InChI is InChI=1S/C23H22F4N2O/c1-2-3-4-10-29-11-7-15-12-16(13-18(24)20(15)21(29)30)19-6-5-17(14-28-19)22(8-9-22)23(25,26)27/h5-7,11-14H,2-4,8-10H2,1H3. The van der Waals surface area contributed by atoms with Crippen molar-refractivity contribution in [2.45, 2.75) is 57.2 Å². The van der Waals surface area contributed by atoms with Gasteiger partial charge in [-0.1, -0.05) is 25.8 Å². The molecule has 158 valence electrons. The van der Waals surface area contributed by atoms with E-state index in [1.165, 1.54) is 29.0 Å². The molecule has 4 rings (SSSR count). The van der Waals surface area contributed by atoms with E-state index in [4.69, 9.17) is 0 Å². The van der Waals surface area contributed by atoms with Crippen molar-refractivity contribution in [2.24, 2.45) is 0 Å². The number of unbranched alkanes of at least 4 members (excludes halogenated alkanes) is 2. The Morgan fingerprint density at radius 3 is 2.50 bits per heavy atom. The highest BCUT2D eigenvalue weighted by Crippen LogP contribution is 2.58. The fourth-order valence-electron chi connectivity index (χ4n) is 3.93. The van der Waals surface area contributed by atoms with E-state index in [0.717, 1.165) is 19.3 Å². The minimum absolute atomic E-state index is 0.0170. The van der Waals surface area contributed by atoms with E-state index in [2.05, 4.69) is 11.9 Å². The molecule has 3 nitrogen and oxygen atoms in total. The molecular formula is C23H22F4N2O. The minimum Gasteiger partial charge on any atom is -0.315 e. The zero-order chi connectivity index (χ0) is 21.5. The molecule has 0 radical (unpaired) electrons. The molecule has 0 unspecified atom stereocenters. The Labute approximate surface area is 171 Å². The van der Waals surface area contributed by atoms with E-state index in [1.54, 1.807) is 18.3 Å². The maximum Gasteiger partial charge on any atom is 0.398 e. The zero-order valence-electron chi connectivity index (χ0n) is 16.6. The molecule has 1 aliphatic carbocycles. The van der Waals surface area contributed by atoms with Gasteiger partial charge in [0.25, 0.3) is 5.56 Å². The number of hydrogen-bond donors (Lipinski definition) is 0. The Hall–Kier alpha value is -2.70. The van der Waals surface area contributed by atoms with Crippen LogP contribution in [0, 0.1) is 5.82 Å². The van der Waals surface area contributed by atoms with Gasteiger partial charge in [0.2, 0.25) is 0 Å². The summed E-state index contributed by atoms with van der Waals surface area (Å²) in [6.07, 6.45) is 1.56. The van der Waals surface area contributed by atoms with Gasteiger partial charge in [-0.2, -0.15) is 13.2 Å². The van der Waals surface area contributed by atoms with Crippen LogP contribution >= 0.6 is 0 Å². The molecule has 0 atom stereocenters. The summed E-state index contributed by atoms with van der Waals surface area (Å²) in [5, 5.41) is 0.463. The van der Waals surface area contributed by atoms with Gasteiger partial charge in [0.1, 0.15) is 5.82 Å². The smallest absolute Gasteiger partial charge is 0.315 e. The van der Waals surface area contributed by atoms with Gasteiger partial charge in [0.15, 0.2) is 0 Å². The topological polar surface area (TPSA) is 34.9 Å². The number of rotatable bonds is 6. The number of halogens is 4. The third-order valence-electron chi connectivity index (χ3n) is 5.94. The van der Waals surface area contributed by atoms with Crippen LogP contribution in [0.2, 0.25) is 0 Å². The van der Waals surface area contributed by atoms with E-state index in [-0.39, 0.29) is 29.4 Å². The summed E-state index contributed by atoms with van der Waals surface area (Å²) in [4.78, 5) is 16.8. The van der Waals surface area contributed by atoms with Crippen LogP contribution in [-0.4, -0.2) is 15.7 Å². The van der Waals surface area contributed by atoms with E-state index < -0.39 is 17.4 Å². The predicted octanol–water partition coefficient (Wildman–Crippen LogP) is 5.99. The number of fused-ring (bicyclic) bond motifs is 1. The summed E-state index contributed by atoms with van der Waals surface area (Å²) >= 11 is 0. The van der Waals surface area contributed by atoms with Crippen molar-refractivity contribution in [3.63, 3.8) is 0 Å². The Bertz CT molecular complexity index is 1130. The molecular weight excluding hydrogens is 396 g/mol. The van der Waals surface area contributed by atoms with Crippen molar-refractivity contribution in [3.05, 3.63) is 64.5 Å². The van der Waals surface area contributed by atoms with Crippen molar-refractivity contribution in [1.29, 1.82) is 0 Å². The third-order valence-corrected chi connectivity index (χ3v) is 5.94. The van der Waals surface area contributed by atoms with Crippen molar-refractivity contribution in [1.82, 2.24) is 9.55 Å². The molecule has 7 heteroatoms. The SMILES string of the molecule is CCCCCn1ccc2cc(-c3ccc(C4(C(F)(F)F)CC4)cn3)cc(F)c2c1=O. The van der Waals surface area contributed by atoms with Gasteiger partial charge < -0.3 is 4.57 Å². The fraction of sp³-hybridized carbons (Fsp3) is 0.391. The van der Waals surface area contributed by atoms with Crippen LogP contribution in [0.25, 0.3) is 22.0 Å². The summed E-state index contributed by atoms with van der Waals surface area (Å²) < 4.78 is 56.2. The first-order valence-corrected chi connectivity index (χ1v) is 10.1. The van der Waals surface area contributed by atoms with Gasteiger partial charge in [0.05, 0.1) is 16.5 Å². The van der Waals surface area contributed by atoms with Crippen LogP contribution in [0.3, 0.4) is 0 Å². The van der Waals surface area contributed by atoms with Gasteiger partial charge in [-0.25, -0.2) is 4.39 Å². The zero-order valence-corrected chi connectivity index (χ0v) is 16.6. The Morgan fingerprint density at radius 2 is 1.90 bits per heavy atom. The molecule has 0 bridgehead atoms.